The third kappa shape index (κ3) is 6.83. The van der Waals surface area contributed by atoms with Crippen molar-refractivity contribution in [3.63, 3.8) is 0 Å². The standard InChI is InChI=1S/C18H30/c1-15(2)7-5-8-16(3)9-6-10-18-13-11-17(4)12-14-18/h11-16H,5-10H2,1-4H3. The molecule has 1 rings (SSSR count). The highest BCUT2D eigenvalue weighted by molar-refractivity contribution is 5.21. The molecule has 1 atom stereocenters. The SMILES string of the molecule is Cc1ccc(CCCC(C)CCCC(C)C)cc1. The summed E-state index contributed by atoms with van der Waals surface area (Å²) in [5.74, 6) is 1.76. The van der Waals surface area contributed by atoms with E-state index in [1.807, 2.05) is 0 Å². The highest BCUT2D eigenvalue weighted by Gasteiger charge is 2.03. The molecular formula is C18H30. The van der Waals surface area contributed by atoms with Gasteiger partial charge in [0.05, 0.1) is 0 Å². The average Bonchev–Trinajstić information content (AvgIpc) is 2.31. The summed E-state index contributed by atoms with van der Waals surface area (Å²) in [7, 11) is 0. The lowest BCUT2D eigenvalue weighted by Gasteiger charge is -2.12. The van der Waals surface area contributed by atoms with E-state index in [1.165, 1.54) is 49.7 Å². The van der Waals surface area contributed by atoms with Crippen LogP contribution < -0.4 is 0 Å². The van der Waals surface area contributed by atoms with Gasteiger partial charge in [-0.15, -0.1) is 0 Å². The van der Waals surface area contributed by atoms with Crippen molar-refractivity contribution in [1.29, 1.82) is 0 Å². The number of rotatable bonds is 8. The molecule has 0 spiro atoms. The second-order valence-corrected chi connectivity index (χ2v) is 6.31. The van der Waals surface area contributed by atoms with Crippen molar-refractivity contribution in [3.8, 4) is 0 Å². The minimum atomic E-state index is 0.866. The molecule has 0 aliphatic rings. The maximum absolute atomic E-state index is 2.41. The van der Waals surface area contributed by atoms with Crippen molar-refractivity contribution in [2.24, 2.45) is 11.8 Å². The van der Waals surface area contributed by atoms with Gasteiger partial charge in [0.15, 0.2) is 0 Å². The molecule has 0 aliphatic carbocycles. The molecule has 0 heterocycles. The predicted molar refractivity (Wildman–Crippen MR) is 82.0 cm³/mol. The smallest absolute Gasteiger partial charge is 0.0279 e. The lowest BCUT2D eigenvalue weighted by molar-refractivity contribution is 0.427. The fourth-order valence-electron chi connectivity index (χ4n) is 2.43. The molecule has 0 nitrogen and oxygen atoms in total. The van der Waals surface area contributed by atoms with Crippen molar-refractivity contribution in [2.45, 2.75) is 66.2 Å². The lowest BCUT2D eigenvalue weighted by Crippen LogP contribution is -1.98. The van der Waals surface area contributed by atoms with Crippen LogP contribution in [0.3, 0.4) is 0 Å². The normalized spacial score (nSPS) is 12.9. The number of aryl methyl sites for hydroxylation is 2. The van der Waals surface area contributed by atoms with Crippen molar-refractivity contribution >= 4 is 0 Å². The molecule has 0 aliphatic heterocycles. The summed E-state index contributed by atoms with van der Waals surface area (Å²) in [6, 6.07) is 9.00. The number of hydrogen-bond acceptors (Lipinski definition) is 0. The van der Waals surface area contributed by atoms with Crippen LogP contribution in [0.15, 0.2) is 24.3 Å². The summed E-state index contributed by atoms with van der Waals surface area (Å²) in [4.78, 5) is 0. The number of hydrogen-bond donors (Lipinski definition) is 0. The van der Waals surface area contributed by atoms with E-state index < -0.39 is 0 Å². The van der Waals surface area contributed by atoms with Crippen molar-refractivity contribution in [1.82, 2.24) is 0 Å². The van der Waals surface area contributed by atoms with Crippen LogP contribution in [-0.4, -0.2) is 0 Å². The molecule has 0 bridgehead atoms. The molecule has 0 fully saturated rings. The van der Waals surface area contributed by atoms with Gasteiger partial charge < -0.3 is 0 Å². The molecule has 0 N–H and O–H groups in total. The summed E-state index contributed by atoms with van der Waals surface area (Å²) in [6.07, 6.45) is 8.17. The first-order valence-corrected chi connectivity index (χ1v) is 7.63. The summed E-state index contributed by atoms with van der Waals surface area (Å²) in [5.41, 5.74) is 2.86. The maximum Gasteiger partial charge on any atom is -0.0279 e. The molecule has 0 saturated heterocycles. The molecule has 102 valence electrons. The minimum absolute atomic E-state index is 0.866. The van der Waals surface area contributed by atoms with E-state index in [4.69, 9.17) is 0 Å². The van der Waals surface area contributed by atoms with Crippen molar-refractivity contribution in [2.75, 3.05) is 0 Å². The topological polar surface area (TPSA) is 0 Å². The average molecular weight is 246 g/mol. The lowest BCUT2D eigenvalue weighted by atomic mass is 9.94. The van der Waals surface area contributed by atoms with Gasteiger partial charge in [-0.25, -0.2) is 0 Å². The summed E-state index contributed by atoms with van der Waals surface area (Å²) in [5, 5.41) is 0. The molecule has 18 heavy (non-hydrogen) atoms. The Bertz CT molecular complexity index is 307. The third-order valence-corrected chi connectivity index (χ3v) is 3.76. The van der Waals surface area contributed by atoms with Gasteiger partial charge in [-0.1, -0.05) is 76.3 Å². The quantitative estimate of drug-likeness (QED) is 0.545. The highest BCUT2D eigenvalue weighted by atomic mass is 14.1. The van der Waals surface area contributed by atoms with Crippen LogP contribution in [0, 0.1) is 18.8 Å². The highest BCUT2D eigenvalue weighted by Crippen LogP contribution is 2.18. The van der Waals surface area contributed by atoms with Crippen molar-refractivity contribution in [3.05, 3.63) is 35.4 Å². The van der Waals surface area contributed by atoms with Crippen LogP contribution in [0.25, 0.3) is 0 Å². The largest absolute Gasteiger partial charge is 0.0628 e. The van der Waals surface area contributed by atoms with E-state index in [0.717, 1.165) is 11.8 Å². The fraction of sp³-hybridized carbons (Fsp3) is 0.667. The Kier molecular flexibility index (Phi) is 7.08. The zero-order valence-electron chi connectivity index (χ0n) is 12.7. The van der Waals surface area contributed by atoms with Gasteiger partial charge in [-0.05, 0) is 37.2 Å². The Morgan fingerprint density at radius 3 is 2.06 bits per heavy atom. The van der Waals surface area contributed by atoms with Crippen LogP contribution in [-0.2, 0) is 6.42 Å². The maximum atomic E-state index is 2.41. The van der Waals surface area contributed by atoms with Crippen LogP contribution in [0.2, 0.25) is 0 Å². The van der Waals surface area contributed by atoms with E-state index >= 15 is 0 Å². The van der Waals surface area contributed by atoms with E-state index in [9.17, 15) is 0 Å². The van der Waals surface area contributed by atoms with Gasteiger partial charge in [0.1, 0.15) is 0 Å². The molecule has 1 aromatic rings. The van der Waals surface area contributed by atoms with Crippen molar-refractivity contribution < 1.29 is 0 Å². The molecule has 0 amide bonds. The summed E-state index contributed by atoms with van der Waals surface area (Å²) >= 11 is 0. The third-order valence-electron chi connectivity index (χ3n) is 3.76. The van der Waals surface area contributed by atoms with E-state index in [2.05, 4.69) is 52.0 Å². The first-order chi connectivity index (χ1) is 8.58. The summed E-state index contributed by atoms with van der Waals surface area (Å²) in [6.45, 7) is 9.21. The van der Waals surface area contributed by atoms with Gasteiger partial charge in [-0.3, -0.25) is 0 Å². The van der Waals surface area contributed by atoms with Gasteiger partial charge in [0, 0.05) is 0 Å². The van der Waals surface area contributed by atoms with Gasteiger partial charge in [0.2, 0.25) is 0 Å². The second kappa shape index (κ2) is 8.34. The van der Waals surface area contributed by atoms with Gasteiger partial charge >= 0.3 is 0 Å². The van der Waals surface area contributed by atoms with E-state index in [1.54, 1.807) is 0 Å². The first kappa shape index (κ1) is 15.3. The van der Waals surface area contributed by atoms with Crippen LogP contribution in [0.1, 0.15) is 64.0 Å². The molecule has 0 saturated carbocycles. The van der Waals surface area contributed by atoms with Crippen LogP contribution >= 0.6 is 0 Å². The molecule has 1 aromatic carbocycles. The molecule has 0 aromatic heterocycles. The zero-order valence-corrected chi connectivity index (χ0v) is 12.7. The van der Waals surface area contributed by atoms with Crippen LogP contribution in [0.5, 0.6) is 0 Å². The Hall–Kier alpha value is -0.780. The monoisotopic (exact) mass is 246 g/mol. The molecule has 0 radical (unpaired) electrons. The zero-order chi connectivity index (χ0) is 13.4. The van der Waals surface area contributed by atoms with Crippen LogP contribution in [0.4, 0.5) is 0 Å². The minimum Gasteiger partial charge on any atom is -0.0628 e. The molecule has 0 heteroatoms. The second-order valence-electron chi connectivity index (χ2n) is 6.31. The summed E-state index contributed by atoms with van der Waals surface area (Å²) < 4.78 is 0. The Morgan fingerprint density at radius 1 is 0.833 bits per heavy atom. The first-order valence-electron chi connectivity index (χ1n) is 7.63. The van der Waals surface area contributed by atoms with Gasteiger partial charge in [0.25, 0.3) is 0 Å². The predicted octanol–water partition coefficient (Wildman–Crippen LogP) is 5.78. The Labute approximate surface area is 114 Å². The Morgan fingerprint density at radius 2 is 1.44 bits per heavy atom. The van der Waals surface area contributed by atoms with E-state index in [0.29, 0.717) is 0 Å². The fourth-order valence-corrected chi connectivity index (χ4v) is 2.43. The molecule has 1 unspecified atom stereocenters. The number of benzene rings is 1. The molecular weight excluding hydrogens is 216 g/mol. The Balaban J connectivity index is 2.11. The van der Waals surface area contributed by atoms with Gasteiger partial charge in [-0.2, -0.15) is 0 Å². The van der Waals surface area contributed by atoms with E-state index in [-0.39, 0.29) is 0 Å².